The molecule has 0 radical (unpaired) electrons. The Morgan fingerprint density at radius 2 is 0.855 bits per heavy atom. The second kappa shape index (κ2) is 11.6. The maximum atomic E-state index is 6.62. The molecule has 12 aromatic rings. The number of para-hydroxylation sites is 4. The first-order valence-corrected chi connectivity index (χ1v) is 18.8. The van der Waals surface area contributed by atoms with Crippen molar-refractivity contribution < 1.29 is 4.42 Å². The van der Waals surface area contributed by atoms with E-state index >= 15 is 0 Å². The lowest BCUT2D eigenvalue weighted by molar-refractivity contribution is 0.669. The van der Waals surface area contributed by atoms with Crippen molar-refractivity contribution in [3.8, 4) is 33.6 Å². The van der Waals surface area contributed by atoms with Gasteiger partial charge in [0.1, 0.15) is 11.2 Å². The molecule has 12 rings (SSSR count). The van der Waals surface area contributed by atoms with Crippen molar-refractivity contribution >= 4 is 76.3 Å². The van der Waals surface area contributed by atoms with Crippen LogP contribution in [0, 0.1) is 0 Å². The zero-order valence-corrected chi connectivity index (χ0v) is 29.8. The van der Waals surface area contributed by atoms with Gasteiger partial charge in [-0.1, -0.05) is 121 Å². The van der Waals surface area contributed by atoms with E-state index in [1.165, 1.54) is 65.7 Å². The first-order chi connectivity index (χ1) is 27.3. The molecule has 0 atom stereocenters. The van der Waals surface area contributed by atoms with Gasteiger partial charge in [0.2, 0.25) is 0 Å². The fourth-order valence-electron chi connectivity index (χ4n) is 8.96. The predicted octanol–water partition coefficient (Wildman–Crippen LogP) is 14.3. The highest BCUT2D eigenvalue weighted by molar-refractivity contribution is 6.16. The van der Waals surface area contributed by atoms with E-state index in [4.69, 9.17) is 4.42 Å². The smallest absolute Gasteiger partial charge is 0.138 e. The SMILES string of the molecule is c1ccc(-n2c3ccccc3c3cc(-c4ccc5c(c4)c4ccccc4n5-c4cc(-c5ccc6ccccc6c5)cc5oc6ccccc6c45)ccc32)cc1. The van der Waals surface area contributed by atoms with Gasteiger partial charge in [0.15, 0.2) is 0 Å². The van der Waals surface area contributed by atoms with E-state index in [1.54, 1.807) is 0 Å². The quantitative estimate of drug-likeness (QED) is 0.179. The van der Waals surface area contributed by atoms with E-state index in [0.29, 0.717) is 0 Å². The highest BCUT2D eigenvalue weighted by Crippen LogP contribution is 2.43. The Labute approximate surface area is 316 Å². The molecule has 0 aliphatic rings. The first-order valence-electron chi connectivity index (χ1n) is 18.8. The molecule has 0 saturated carbocycles. The number of nitrogens with zero attached hydrogens (tertiary/aromatic N) is 2. The minimum atomic E-state index is 0.882. The Kier molecular flexibility index (Phi) is 6.34. The van der Waals surface area contributed by atoms with Crippen LogP contribution in [-0.2, 0) is 0 Å². The van der Waals surface area contributed by atoms with Crippen LogP contribution in [0.3, 0.4) is 0 Å². The van der Waals surface area contributed by atoms with Gasteiger partial charge in [0.25, 0.3) is 0 Å². The van der Waals surface area contributed by atoms with Crippen LogP contribution < -0.4 is 0 Å². The van der Waals surface area contributed by atoms with E-state index in [9.17, 15) is 0 Å². The number of hydrogen-bond acceptors (Lipinski definition) is 1. The van der Waals surface area contributed by atoms with Crippen molar-refractivity contribution in [1.82, 2.24) is 9.13 Å². The van der Waals surface area contributed by atoms with Gasteiger partial charge in [-0.3, -0.25) is 0 Å². The van der Waals surface area contributed by atoms with Crippen LogP contribution in [0.4, 0.5) is 0 Å². The highest BCUT2D eigenvalue weighted by atomic mass is 16.3. The summed E-state index contributed by atoms with van der Waals surface area (Å²) in [5.41, 5.74) is 13.5. The Bertz CT molecular complexity index is 3490. The summed E-state index contributed by atoms with van der Waals surface area (Å²) in [5.74, 6) is 0. The average molecular weight is 701 g/mol. The lowest BCUT2D eigenvalue weighted by Gasteiger charge is -2.13. The van der Waals surface area contributed by atoms with E-state index in [2.05, 4.69) is 197 Å². The van der Waals surface area contributed by atoms with Crippen molar-refractivity contribution in [3.63, 3.8) is 0 Å². The minimum absolute atomic E-state index is 0.882. The Hall–Kier alpha value is -7.36. The number of fused-ring (bicyclic) bond motifs is 10. The molecule has 0 amide bonds. The predicted molar refractivity (Wildman–Crippen MR) is 231 cm³/mol. The summed E-state index contributed by atoms with van der Waals surface area (Å²) in [6.45, 7) is 0. The van der Waals surface area contributed by atoms with Gasteiger partial charge in [-0.2, -0.15) is 0 Å². The summed E-state index contributed by atoms with van der Waals surface area (Å²) < 4.78 is 11.4. The second-order valence-electron chi connectivity index (χ2n) is 14.5. The summed E-state index contributed by atoms with van der Waals surface area (Å²) in [5, 5.41) is 9.63. The van der Waals surface area contributed by atoms with Crippen molar-refractivity contribution in [1.29, 1.82) is 0 Å². The van der Waals surface area contributed by atoms with Gasteiger partial charge in [-0.15, -0.1) is 0 Å². The number of rotatable bonds is 4. The lowest BCUT2D eigenvalue weighted by Crippen LogP contribution is -1.96. The highest BCUT2D eigenvalue weighted by Gasteiger charge is 2.20. The molecular formula is C52H32N2O. The van der Waals surface area contributed by atoms with Crippen molar-refractivity contribution in [3.05, 3.63) is 194 Å². The van der Waals surface area contributed by atoms with Crippen LogP contribution in [-0.4, -0.2) is 9.13 Å². The summed E-state index contributed by atoms with van der Waals surface area (Å²) >= 11 is 0. The molecule has 0 spiro atoms. The van der Waals surface area contributed by atoms with Crippen LogP contribution in [0.5, 0.6) is 0 Å². The van der Waals surface area contributed by atoms with Gasteiger partial charge in [-0.05, 0) is 106 Å². The number of hydrogen-bond donors (Lipinski definition) is 0. The maximum Gasteiger partial charge on any atom is 0.138 e. The van der Waals surface area contributed by atoms with Crippen molar-refractivity contribution in [2.45, 2.75) is 0 Å². The molecule has 3 heteroatoms. The number of furan rings is 1. The molecule has 0 aliphatic heterocycles. The molecule has 0 aliphatic carbocycles. The van der Waals surface area contributed by atoms with Gasteiger partial charge in [0, 0.05) is 32.6 Å². The summed E-state index contributed by atoms with van der Waals surface area (Å²) in [6, 6.07) is 70.3. The number of benzene rings is 9. The number of aromatic nitrogens is 2. The van der Waals surface area contributed by atoms with Gasteiger partial charge in [-0.25, -0.2) is 0 Å². The Morgan fingerprint density at radius 3 is 1.60 bits per heavy atom. The zero-order valence-electron chi connectivity index (χ0n) is 29.8. The Balaban J connectivity index is 1.09. The molecule has 0 unspecified atom stereocenters. The summed E-state index contributed by atoms with van der Waals surface area (Å²) in [4.78, 5) is 0. The zero-order chi connectivity index (χ0) is 36.0. The fraction of sp³-hybridized carbons (Fsp3) is 0. The standard InChI is InChI=1S/C52H32N2O/c1-2-14-39(15-3-1)53-45-19-9-6-16-40(45)43-29-36(24-26-47(43)53)37-25-27-48-44(30-37)41-17-7-10-20-46(41)54(48)49-31-38(35-23-22-33-12-4-5-13-34(33)28-35)32-51-52(49)42-18-8-11-21-50(42)55-51/h1-32H. The Morgan fingerprint density at radius 1 is 0.309 bits per heavy atom. The first kappa shape index (κ1) is 30.1. The molecule has 55 heavy (non-hydrogen) atoms. The molecule has 0 saturated heterocycles. The second-order valence-corrected chi connectivity index (χ2v) is 14.5. The van der Waals surface area contributed by atoms with E-state index < -0.39 is 0 Å². The molecular weight excluding hydrogens is 669 g/mol. The molecule has 3 nitrogen and oxygen atoms in total. The molecule has 0 fully saturated rings. The average Bonchev–Trinajstić information content (AvgIpc) is 3.91. The molecule has 3 heterocycles. The van der Waals surface area contributed by atoms with E-state index in [-0.39, 0.29) is 0 Å². The summed E-state index contributed by atoms with van der Waals surface area (Å²) in [6.07, 6.45) is 0. The molecule has 3 aromatic heterocycles. The molecule has 9 aromatic carbocycles. The molecule has 0 N–H and O–H groups in total. The van der Waals surface area contributed by atoms with Crippen molar-refractivity contribution in [2.75, 3.05) is 0 Å². The monoisotopic (exact) mass is 700 g/mol. The minimum Gasteiger partial charge on any atom is -0.456 e. The van der Waals surface area contributed by atoms with E-state index in [0.717, 1.165) is 44.3 Å². The third-order valence-corrected chi connectivity index (χ3v) is 11.5. The van der Waals surface area contributed by atoms with E-state index in [1.807, 2.05) is 6.07 Å². The van der Waals surface area contributed by atoms with Crippen LogP contribution in [0.2, 0.25) is 0 Å². The third kappa shape index (κ3) is 4.50. The maximum absolute atomic E-state index is 6.62. The fourth-order valence-corrected chi connectivity index (χ4v) is 8.96. The van der Waals surface area contributed by atoms with Gasteiger partial charge in [0.05, 0.1) is 33.1 Å². The van der Waals surface area contributed by atoms with Crippen molar-refractivity contribution in [2.24, 2.45) is 0 Å². The topological polar surface area (TPSA) is 23.0 Å². The van der Waals surface area contributed by atoms with Crippen LogP contribution in [0.15, 0.2) is 199 Å². The van der Waals surface area contributed by atoms with Crippen LogP contribution >= 0.6 is 0 Å². The molecule has 0 bridgehead atoms. The van der Waals surface area contributed by atoms with Crippen LogP contribution in [0.25, 0.3) is 110 Å². The van der Waals surface area contributed by atoms with Crippen LogP contribution in [0.1, 0.15) is 0 Å². The normalized spacial score (nSPS) is 12.0. The lowest BCUT2D eigenvalue weighted by atomic mass is 9.98. The molecule has 256 valence electrons. The summed E-state index contributed by atoms with van der Waals surface area (Å²) in [7, 11) is 0. The van der Waals surface area contributed by atoms with Gasteiger partial charge < -0.3 is 13.6 Å². The third-order valence-electron chi connectivity index (χ3n) is 11.5. The largest absolute Gasteiger partial charge is 0.456 e. The van der Waals surface area contributed by atoms with Gasteiger partial charge >= 0.3 is 0 Å².